The number of nitrogens with zero attached hydrogens (tertiary/aromatic N) is 5. The highest BCUT2D eigenvalue weighted by Gasteiger charge is 2.27. The summed E-state index contributed by atoms with van der Waals surface area (Å²) in [5.41, 5.74) is 6.55. The topological polar surface area (TPSA) is 105 Å². The lowest BCUT2D eigenvalue weighted by Crippen LogP contribution is -2.27. The Bertz CT molecular complexity index is 1480. The lowest BCUT2D eigenvalue weighted by atomic mass is 10.0. The maximum Gasteiger partial charge on any atom is 0.270 e. The van der Waals surface area contributed by atoms with E-state index in [9.17, 15) is 4.79 Å². The van der Waals surface area contributed by atoms with Crippen molar-refractivity contribution < 1.29 is 0 Å². The van der Waals surface area contributed by atoms with Crippen LogP contribution in [0.25, 0.3) is 21.5 Å². The first-order valence-electron chi connectivity index (χ1n) is 10.7. The second kappa shape index (κ2) is 7.52. The summed E-state index contributed by atoms with van der Waals surface area (Å²) < 4.78 is 1.56. The molecule has 0 radical (unpaired) electrons. The third-order valence-electron chi connectivity index (χ3n) is 6.12. The second-order valence-corrected chi connectivity index (χ2v) is 9.30. The molecule has 6 rings (SSSR count). The molecule has 0 aliphatic heterocycles. The summed E-state index contributed by atoms with van der Waals surface area (Å²) in [5, 5.41) is 12.7. The van der Waals surface area contributed by atoms with Gasteiger partial charge in [0.25, 0.3) is 5.56 Å². The van der Waals surface area contributed by atoms with Crippen LogP contribution in [0.5, 0.6) is 0 Å². The van der Waals surface area contributed by atoms with E-state index in [2.05, 4.69) is 32.2 Å². The molecular weight excluding hydrogens is 422 g/mol. The van der Waals surface area contributed by atoms with Crippen molar-refractivity contribution in [3.8, 4) is 10.4 Å². The van der Waals surface area contributed by atoms with E-state index in [1.54, 1.807) is 22.3 Å². The molecule has 9 heteroatoms. The third-order valence-corrected chi connectivity index (χ3v) is 7.23. The van der Waals surface area contributed by atoms with E-state index in [0.29, 0.717) is 13.0 Å². The molecule has 4 heterocycles. The highest BCUT2D eigenvalue weighted by atomic mass is 32.1. The van der Waals surface area contributed by atoms with Gasteiger partial charge in [0.05, 0.1) is 51.4 Å². The van der Waals surface area contributed by atoms with Crippen LogP contribution >= 0.6 is 11.3 Å². The standard InChI is InChI=1S/C23H21N7OS/c1-13-5-6-16-17(22-20(13)28-19(32-22)9-15-7-8-26-29-15)10-27-30(23(16)31)11-14-3-2-4-18-21(14)25-12-24-18/h2-4,7-8,10,12-13H,5-6,9,11H2,1H3,(H,24,25)(H,26,29). The fourth-order valence-electron chi connectivity index (χ4n) is 4.42. The van der Waals surface area contributed by atoms with Crippen LogP contribution in [0.3, 0.4) is 0 Å². The minimum Gasteiger partial charge on any atom is -0.345 e. The number of aromatic amines is 2. The molecule has 0 saturated heterocycles. The van der Waals surface area contributed by atoms with Crippen molar-refractivity contribution in [2.45, 2.75) is 38.6 Å². The number of H-pyrrole nitrogens is 2. The fourth-order valence-corrected chi connectivity index (χ4v) is 5.65. The quantitative estimate of drug-likeness (QED) is 0.441. The number of nitrogens with one attached hydrogen (secondary N) is 2. The van der Waals surface area contributed by atoms with Crippen LogP contribution < -0.4 is 5.56 Å². The number of imidazole rings is 1. The number of aromatic nitrogens is 7. The van der Waals surface area contributed by atoms with Crippen molar-refractivity contribution in [2.75, 3.05) is 0 Å². The van der Waals surface area contributed by atoms with Gasteiger partial charge in [-0.2, -0.15) is 10.2 Å². The number of hydrogen-bond donors (Lipinski definition) is 2. The zero-order valence-corrected chi connectivity index (χ0v) is 18.3. The second-order valence-electron chi connectivity index (χ2n) is 8.22. The van der Waals surface area contributed by atoms with E-state index in [1.165, 1.54) is 0 Å². The van der Waals surface area contributed by atoms with Crippen LogP contribution in [0.2, 0.25) is 0 Å². The molecule has 2 N–H and O–H groups in total. The maximum atomic E-state index is 13.5. The van der Waals surface area contributed by atoms with Gasteiger partial charge in [-0.05, 0) is 25.0 Å². The smallest absolute Gasteiger partial charge is 0.270 e. The Morgan fingerprint density at radius 1 is 1.28 bits per heavy atom. The molecule has 0 bridgehead atoms. The van der Waals surface area contributed by atoms with Gasteiger partial charge in [0, 0.05) is 35.2 Å². The summed E-state index contributed by atoms with van der Waals surface area (Å²) in [5.74, 6) is 0.284. The van der Waals surface area contributed by atoms with Crippen LogP contribution in [-0.2, 0) is 19.4 Å². The van der Waals surface area contributed by atoms with Gasteiger partial charge in [0.2, 0.25) is 0 Å². The summed E-state index contributed by atoms with van der Waals surface area (Å²) in [6, 6.07) is 7.90. The number of rotatable bonds is 4. The predicted octanol–water partition coefficient (Wildman–Crippen LogP) is 3.66. The summed E-state index contributed by atoms with van der Waals surface area (Å²) in [4.78, 5) is 27.0. The van der Waals surface area contributed by atoms with Gasteiger partial charge in [-0.3, -0.25) is 9.89 Å². The summed E-state index contributed by atoms with van der Waals surface area (Å²) in [6.07, 6.45) is 7.63. The Labute approximate surface area is 187 Å². The molecule has 1 aliphatic carbocycles. The molecular formula is C23H21N7OS. The zero-order valence-electron chi connectivity index (χ0n) is 17.5. The Kier molecular flexibility index (Phi) is 4.50. The molecule has 1 aromatic carbocycles. The minimum atomic E-state index is -0.0302. The van der Waals surface area contributed by atoms with E-state index in [1.807, 2.05) is 36.7 Å². The minimum absolute atomic E-state index is 0.0302. The predicted molar refractivity (Wildman–Crippen MR) is 123 cm³/mol. The van der Waals surface area contributed by atoms with Gasteiger partial charge >= 0.3 is 0 Å². The van der Waals surface area contributed by atoms with Gasteiger partial charge in [0.15, 0.2) is 0 Å². The Hall–Kier alpha value is -3.59. The zero-order chi connectivity index (χ0) is 21.7. The third kappa shape index (κ3) is 3.16. The van der Waals surface area contributed by atoms with Crippen LogP contribution in [0, 0.1) is 0 Å². The first kappa shape index (κ1) is 19.1. The Morgan fingerprint density at radius 3 is 3.09 bits per heavy atom. The van der Waals surface area contributed by atoms with Crippen LogP contribution in [0.1, 0.15) is 46.8 Å². The molecule has 160 valence electrons. The summed E-state index contributed by atoms with van der Waals surface area (Å²) in [6.45, 7) is 2.58. The molecule has 8 nitrogen and oxygen atoms in total. The highest BCUT2D eigenvalue weighted by Crippen LogP contribution is 2.40. The van der Waals surface area contributed by atoms with Crippen molar-refractivity contribution in [3.05, 3.63) is 80.9 Å². The van der Waals surface area contributed by atoms with Gasteiger partial charge in [0.1, 0.15) is 0 Å². The molecule has 0 saturated carbocycles. The average Bonchev–Trinajstić information content (AvgIpc) is 3.54. The largest absolute Gasteiger partial charge is 0.345 e. The lowest BCUT2D eigenvalue weighted by Gasteiger charge is -2.10. The maximum absolute atomic E-state index is 13.5. The normalized spacial score (nSPS) is 15.5. The Morgan fingerprint density at radius 2 is 2.22 bits per heavy atom. The van der Waals surface area contributed by atoms with E-state index in [-0.39, 0.29) is 11.5 Å². The van der Waals surface area contributed by atoms with E-state index >= 15 is 0 Å². The molecule has 32 heavy (non-hydrogen) atoms. The van der Waals surface area contributed by atoms with E-state index in [4.69, 9.17) is 4.98 Å². The molecule has 0 spiro atoms. The molecule has 1 aliphatic rings. The first-order chi connectivity index (χ1) is 15.7. The number of para-hydroxylation sites is 1. The van der Waals surface area contributed by atoms with Crippen LogP contribution in [-0.4, -0.2) is 34.9 Å². The van der Waals surface area contributed by atoms with Crippen molar-refractivity contribution in [2.24, 2.45) is 0 Å². The lowest BCUT2D eigenvalue weighted by molar-refractivity contribution is 0.619. The van der Waals surface area contributed by atoms with Gasteiger partial charge in [-0.1, -0.05) is 19.1 Å². The average molecular weight is 444 g/mol. The summed E-state index contributed by atoms with van der Waals surface area (Å²) in [7, 11) is 0. The van der Waals surface area contributed by atoms with Crippen molar-refractivity contribution in [1.29, 1.82) is 0 Å². The highest BCUT2D eigenvalue weighted by molar-refractivity contribution is 7.15. The Balaban J connectivity index is 1.41. The molecule has 0 fully saturated rings. The van der Waals surface area contributed by atoms with Gasteiger partial charge in [-0.25, -0.2) is 14.6 Å². The first-order valence-corrected chi connectivity index (χ1v) is 11.5. The monoisotopic (exact) mass is 443 g/mol. The van der Waals surface area contributed by atoms with Gasteiger partial charge in [-0.15, -0.1) is 11.3 Å². The number of fused-ring (bicyclic) bond motifs is 4. The van der Waals surface area contributed by atoms with Gasteiger partial charge < -0.3 is 4.98 Å². The fraction of sp³-hybridized carbons (Fsp3) is 0.261. The molecule has 4 aromatic heterocycles. The van der Waals surface area contributed by atoms with Crippen molar-refractivity contribution in [3.63, 3.8) is 0 Å². The molecule has 1 unspecified atom stereocenters. The van der Waals surface area contributed by atoms with Crippen LogP contribution in [0.15, 0.2) is 47.8 Å². The molecule has 1 atom stereocenters. The van der Waals surface area contributed by atoms with Crippen LogP contribution in [0.4, 0.5) is 0 Å². The SMILES string of the molecule is CC1CCc2c(cnn(Cc3cccc4[nH]cnc34)c2=O)-c2sc(Cc3cc[nH]n3)nc21. The molecule has 0 amide bonds. The van der Waals surface area contributed by atoms with E-state index in [0.717, 1.165) is 61.8 Å². The number of hydrogen-bond acceptors (Lipinski definition) is 6. The summed E-state index contributed by atoms with van der Waals surface area (Å²) >= 11 is 1.65. The van der Waals surface area contributed by atoms with E-state index < -0.39 is 0 Å². The molecule has 5 aromatic rings. The number of benzene rings is 1. The van der Waals surface area contributed by atoms with Crippen molar-refractivity contribution in [1.82, 2.24) is 34.9 Å². The van der Waals surface area contributed by atoms with Crippen molar-refractivity contribution >= 4 is 22.4 Å². The number of thiazole rings is 1.